The molecule has 0 aliphatic heterocycles. The molecule has 5 nitrogen and oxygen atoms in total. The molecule has 0 saturated carbocycles. The van der Waals surface area contributed by atoms with Gasteiger partial charge in [-0.15, -0.1) is 0 Å². The Bertz CT molecular complexity index is 3360. The van der Waals surface area contributed by atoms with E-state index in [9.17, 15) is 0 Å². The summed E-state index contributed by atoms with van der Waals surface area (Å²) in [5.74, 6) is 0.656. The molecule has 12 aromatic rings. The highest BCUT2D eigenvalue weighted by atomic mass is 16.3. The fourth-order valence-corrected chi connectivity index (χ4v) is 8.88. The lowest BCUT2D eigenvalue weighted by Crippen LogP contribution is -2.07. The summed E-state index contributed by atoms with van der Waals surface area (Å²) >= 11 is 0. The first-order valence-corrected chi connectivity index (χ1v) is 19.3. The van der Waals surface area contributed by atoms with Crippen LogP contribution in [0.1, 0.15) is 0 Å². The van der Waals surface area contributed by atoms with Gasteiger partial charge in [0.15, 0.2) is 5.82 Å². The SMILES string of the molecule is c1ccc(-c2cc(-c3cc4oc5ccccc5c4c(-n4c5ccccc5c5ccccc54)c3-n3c4ccccc4c4ccccc43)nc(-c3ccccc3)n2)cc1. The van der Waals surface area contributed by atoms with E-state index in [1.165, 1.54) is 21.5 Å². The molecule has 0 aliphatic carbocycles. The molecule has 0 N–H and O–H groups in total. The van der Waals surface area contributed by atoms with Gasteiger partial charge in [0.2, 0.25) is 0 Å². The van der Waals surface area contributed by atoms with Gasteiger partial charge in [0.25, 0.3) is 0 Å². The van der Waals surface area contributed by atoms with Crippen molar-refractivity contribution in [3.8, 4) is 45.3 Å². The minimum atomic E-state index is 0.656. The molecule has 57 heavy (non-hydrogen) atoms. The highest BCUT2D eigenvalue weighted by molar-refractivity contribution is 6.19. The van der Waals surface area contributed by atoms with Crippen LogP contribution < -0.4 is 0 Å². The van der Waals surface area contributed by atoms with E-state index in [1.54, 1.807) is 0 Å². The Hall–Kier alpha value is -7.76. The van der Waals surface area contributed by atoms with Crippen molar-refractivity contribution in [2.75, 3.05) is 0 Å². The minimum absolute atomic E-state index is 0.656. The average molecular weight is 729 g/mol. The standard InChI is InChI=1S/C52H32N4O/c1-3-17-33(18-4-1)41-32-42(54-52(53-41)34-19-5-2-6-20-34)40-31-48-49(39-25-11-16-30-47(39)57-48)51(56-45-28-14-9-23-37(45)38-24-10-15-29-46(38)56)50(40)55-43-26-12-7-21-35(43)36-22-8-13-27-44(36)55/h1-32H. The molecule has 266 valence electrons. The summed E-state index contributed by atoms with van der Waals surface area (Å²) in [6.45, 7) is 0. The number of furan rings is 1. The van der Waals surface area contributed by atoms with E-state index in [4.69, 9.17) is 14.4 Å². The molecular formula is C52H32N4O. The summed E-state index contributed by atoms with van der Waals surface area (Å²) in [5, 5.41) is 6.83. The summed E-state index contributed by atoms with van der Waals surface area (Å²) in [4.78, 5) is 10.7. The van der Waals surface area contributed by atoms with Gasteiger partial charge in [-0.1, -0.05) is 152 Å². The molecule has 0 aliphatic rings. The van der Waals surface area contributed by atoms with E-state index >= 15 is 0 Å². The van der Waals surface area contributed by atoms with Gasteiger partial charge >= 0.3 is 0 Å². The lowest BCUT2D eigenvalue weighted by atomic mass is 9.99. The van der Waals surface area contributed by atoms with Crippen LogP contribution in [0.15, 0.2) is 199 Å². The lowest BCUT2D eigenvalue weighted by molar-refractivity contribution is 0.669. The zero-order valence-electron chi connectivity index (χ0n) is 30.7. The summed E-state index contributed by atoms with van der Waals surface area (Å²) < 4.78 is 11.8. The van der Waals surface area contributed by atoms with Crippen molar-refractivity contribution in [2.24, 2.45) is 0 Å². The third kappa shape index (κ3) is 4.76. The van der Waals surface area contributed by atoms with E-state index in [0.29, 0.717) is 5.82 Å². The second-order valence-electron chi connectivity index (χ2n) is 14.5. The molecule has 4 aromatic heterocycles. The van der Waals surface area contributed by atoms with Gasteiger partial charge in [0.1, 0.15) is 11.2 Å². The fourth-order valence-electron chi connectivity index (χ4n) is 8.88. The molecule has 0 spiro atoms. The van der Waals surface area contributed by atoms with E-state index in [2.05, 4.69) is 173 Å². The number of nitrogens with zero attached hydrogens (tertiary/aromatic N) is 4. The van der Waals surface area contributed by atoms with Crippen molar-refractivity contribution in [3.63, 3.8) is 0 Å². The van der Waals surface area contributed by atoms with Crippen molar-refractivity contribution in [1.82, 2.24) is 19.1 Å². The monoisotopic (exact) mass is 728 g/mol. The molecule has 12 rings (SSSR count). The van der Waals surface area contributed by atoms with Crippen LogP contribution in [0.4, 0.5) is 0 Å². The van der Waals surface area contributed by atoms with Crippen LogP contribution in [-0.2, 0) is 0 Å². The van der Waals surface area contributed by atoms with Gasteiger partial charge < -0.3 is 13.6 Å². The third-order valence-corrected chi connectivity index (χ3v) is 11.3. The topological polar surface area (TPSA) is 48.8 Å². The Morgan fingerprint density at radius 1 is 0.351 bits per heavy atom. The van der Waals surface area contributed by atoms with Gasteiger partial charge in [-0.3, -0.25) is 0 Å². The highest BCUT2D eigenvalue weighted by Gasteiger charge is 2.28. The van der Waals surface area contributed by atoms with Crippen LogP contribution in [0.2, 0.25) is 0 Å². The molecule has 0 radical (unpaired) electrons. The van der Waals surface area contributed by atoms with Crippen LogP contribution in [0.3, 0.4) is 0 Å². The average Bonchev–Trinajstić information content (AvgIpc) is 3.94. The second kappa shape index (κ2) is 12.4. The highest BCUT2D eigenvalue weighted by Crippen LogP contribution is 2.48. The zero-order valence-corrected chi connectivity index (χ0v) is 30.7. The predicted molar refractivity (Wildman–Crippen MR) is 234 cm³/mol. The molecule has 0 amide bonds. The number of hydrogen-bond acceptors (Lipinski definition) is 3. The van der Waals surface area contributed by atoms with Crippen molar-refractivity contribution < 1.29 is 4.42 Å². The van der Waals surface area contributed by atoms with E-state index in [0.717, 1.165) is 83.5 Å². The Labute approximate surface area is 327 Å². The summed E-state index contributed by atoms with van der Waals surface area (Å²) in [7, 11) is 0. The molecule has 4 heterocycles. The Morgan fingerprint density at radius 3 is 1.35 bits per heavy atom. The van der Waals surface area contributed by atoms with Crippen LogP contribution in [0, 0.1) is 0 Å². The van der Waals surface area contributed by atoms with Crippen LogP contribution in [0.5, 0.6) is 0 Å². The molecule has 8 aromatic carbocycles. The maximum absolute atomic E-state index is 6.89. The second-order valence-corrected chi connectivity index (χ2v) is 14.5. The summed E-state index contributed by atoms with van der Waals surface area (Å²) in [5.41, 5.74) is 12.6. The van der Waals surface area contributed by atoms with Crippen LogP contribution >= 0.6 is 0 Å². The molecule has 0 unspecified atom stereocenters. The van der Waals surface area contributed by atoms with Crippen molar-refractivity contribution in [2.45, 2.75) is 0 Å². The van der Waals surface area contributed by atoms with Gasteiger partial charge in [-0.2, -0.15) is 0 Å². The number of fused-ring (bicyclic) bond motifs is 9. The number of aromatic nitrogens is 4. The van der Waals surface area contributed by atoms with Crippen molar-refractivity contribution in [3.05, 3.63) is 194 Å². The Balaban J connectivity index is 1.35. The van der Waals surface area contributed by atoms with Crippen molar-refractivity contribution in [1.29, 1.82) is 0 Å². The molecule has 0 saturated heterocycles. The van der Waals surface area contributed by atoms with Gasteiger partial charge in [0, 0.05) is 43.6 Å². The number of rotatable bonds is 5. The van der Waals surface area contributed by atoms with Gasteiger partial charge in [-0.25, -0.2) is 9.97 Å². The number of hydrogen-bond donors (Lipinski definition) is 0. The van der Waals surface area contributed by atoms with E-state index < -0.39 is 0 Å². The molecule has 0 fully saturated rings. The summed E-state index contributed by atoms with van der Waals surface area (Å²) in [6, 6.07) is 68.3. The smallest absolute Gasteiger partial charge is 0.160 e. The maximum atomic E-state index is 6.89. The van der Waals surface area contributed by atoms with Crippen molar-refractivity contribution >= 4 is 65.6 Å². The quantitative estimate of drug-likeness (QED) is 0.177. The lowest BCUT2D eigenvalue weighted by Gasteiger charge is -2.22. The third-order valence-electron chi connectivity index (χ3n) is 11.3. The first kappa shape index (κ1) is 31.6. The van der Waals surface area contributed by atoms with Gasteiger partial charge in [0.05, 0.1) is 50.2 Å². The predicted octanol–water partition coefficient (Wildman–Crippen LogP) is 13.6. The van der Waals surface area contributed by atoms with Crippen LogP contribution in [0.25, 0.3) is 111 Å². The first-order chi connectivity index (χ1) is 28.3. The molecular weight excluding hydrogens is 697 g/mol. The van der Waals surface area contributed by atoms with Crippen LogP contribution in [-0.4, -0.2) is 19.1 Å². The molecule has 0 atom stereocenters. The fraction of sp³-hybridized carbons (Fsp3) is 0. The van der Waals surface area contributed by atoms with E-state index in [1.807, 2.05) is 30.3 Å². The zero-order chi connectivity index (χ0) is 37.5. The minimum Gasteiger partial charge on any atom is -0.456 e. The first-order valence-electron chi connectivity index (χ1n) is 19.3. The molecule has 5 heteroatoms. The largest absolute Gasteiger partial charge is 0.456 e. The number of benzene rings is 8. The van der Waals surface area contributed by atoms with E-state index in [-0.39, 0.29) is 0 Å². The Morgan fingerprint density at radius 2 is 0.789 bits per heavy atom. The molecule has 0 bridgehead atoms. The Kier molecular flexibility index (Phi) is 6.86. The van der Waals surface area contributed by atoms with Gasteiger partial charge in [-0.05, 0) is 42.5 Å². The normalized spacial score (nSPS) is 11.9. The maximum Gasteiger partial charge on any atom is 0.160 e. The number of para-hydroxylation sites is 5. The summed E-state index contributed by atoms with van der Waals surface area (Å²) in [6.07, 6.45) is 0.